The number of hydrogen-bond donors (Lipinski definition) is 2. The van der Waals surface area contributed by atoms with Gasteiger partial charge in [0.05, 0.1) is 24.9 Å². The summed E-state index contributed by atoms with van der Waals surface area (Å²) in [5, 5.41) is 13.0. The van der Waals surface area contributed by atoms with Crippen molar-refractivity contribution in [2.75, 3.05) is 39.2 Å². The predicted molar refractivity (Wildman–Crippen MR) is 175 cm³/mol. The van der Waals surface area contributed by atoms with Gasteiger partial charge in [-0.3, -0.25) is 10.2 Å². The molecule has 43 heavy (non-hydrogen) atoms. The Bertz CT molecular complexity index is 769. The van der Waals surface area contributed by atoms with Crippen molar-refractivity contribution in [3.63, 3.8) is 0 Å². The maximum atomic E-state index is 9.16. The lowest BCUT2D eigenvalue weighted by molar-refractivity contribution is -0.116. The first-order chi connectivity index (χ1) is 19.5. The molecule has 9 nitrogen and oxygen atoms in total. The third-order valence-electron chi connectivity index (χ3n) is 11.6. The topological polar surface area (TPSA) is 158 Å². The predicted octanol–water partition coefficient (Wildman–Crippen LogP) is 3.44. The molecule has 0 aromatic rings. The van der Waals surface area contributed by atoms with Crippen LogP contribution in [0.1, 0.15) is 97.8 Å². The van der Waals surface area contributed by atoms with Crippen molar-refractivity contribution < 1.29 is 35.7 Å². The molecule has 3 heterocycles. The van der Waals surface area contributed by atoms with Gasteiger partial charge in [-0.05, 0) is 95.8 Å². The van der Waals surface area contributed by atoms with Gasteiger partial charge in [-0.2, -0.15) is 0 Å². The summed E-state index contributed by atoms with van der Waals surface area (Å²) in [5.41, 5.74) is 0.495. The molecule has 3 saturated carbocycles. The van der Waals surface area contributed by atoms with Crippen LogP contribution in [0.3, 0.4) is 0 Å². The van der Waals surface area contributed by atoms with Gasteiger partial charge in [-0.15, -0.1) is 11.8 Å². The monoisotopic (exact) mass is 634 g/mol. The minimum Gasteiger partial charge on any atom is -0.412 e. The summed E-state index contributed by atoms with van der Waals surface area (Å²) in [6, 6.07) is 1.12. The molecule has 256 valence electrons. The van der Waals surface area contributed by atoms with Gasteiger partial charge in [0.25, 0.3) is 0 Å². The number of thioether (sulfide) groups is 1. The van der Waals surface area contributed by atoms with Gasteiger partial charge in [0.15, 0.2) is 0 Å². The lowest BCUT2D eigenvalue weighted by Crippen LogP contribution is -2.67. The summed E-state index contributed by atoms with van der Waals surface area (Å²) in [4.78, 5) is 2.79. The molecule has 0 aromatic heterocycles. The summed E-state index contributed by atoms with van der Waals surface area (Å²) >= 11 is 2.10. The van der Waals surface area contributed by atoms with Gasteiger partial charge in [-0.1, -0.05) is 25.7 Å². The maximum absolute atomic E-state index is 9.16. The van der Waals surface area contributed by atoms with E-state index in [1.807, 2.05) is 7.11 Å². The fourth-order valence-electron chi connectivity index (χ4n) is 9.54. The molecular weight excluding hydrogens is 568 g/mol. The molecule has 3 aliphatic heterocycles. The zero-order valence-corrected chi connectivity index (χ0v) is 28.3. The number of nitrogens with one attached hydrogen (secondary N) is 1. The van der Waals surface area contributed by atoms with E-state index in [-0.39, 0.29) is 16.4 Å². The third kappa shape index (κ3) is 9.30. The minimum atomic E-state index is 0. The second kappa shape index (κ2) is 19.0. The minimum absolute atomic E-state index is 0. The van der Waals surface area contributed by atoms with E-state index in [0.29, 0.717) is 60.3 Å². The molecule has 10 heteroatoms. The van der Waals surface area contributed by atoms with Crippen LogP contribution < -0.4 is 5.32 Å². The van der Waals surface area contributed by atoms with Gasteiger partial charge in [0.2, 0.25) is 0 Å². The summed E-state index contributed by atoms with van der Waals surface area (Å²) in [5.74, 6) is 5.56. The average Bonchev–Trinajstić information content (AvgIpc) is 3.64. The number of ether oxygens (including phenoxy) is 3. The standard InChI is InChI=1S/C21H38N2O2S.C12H22O2.3H2O/c1-4-25-13-17-14(2)22-21-23(11-12-26-21)20(17)19-16-8-6-5-7-15(16)9-10-18(19)24-3;1-9-5-6-12(14-9)11-4-2-3-10(7-11)8-13;;;/h14-22H,4-13H2,1-3H3;9-13H,2-8H2,1H3;3*1H2. The van der Waals surface area contributed by atoms with Gasteiger partial charge >= 0.3 is 0 Å². The van der Waals surface area contributed by atoms with Gasteiger partial charge in [-0.25, -0.2) is 0 Å². The van der Waals surface area contributed by atoms with Crippen molar-refractivity contribution in [3.8, 4) is 0 Å². The molecule has 0 bridgehead atoms. The third-order valence-corrected chi connectivity index (χ3v) is 12.7. The highest BCUT2D eigenvalue weighted by Gasteiger charge is 2.53. The van der Waals surface area contributed by atoms with Crippen molar-refractivity contribution in [2.24, 2.45) is 35.5 Å². The molecule has 12 unspecified atom stereocenters. The first-order valence-electron chi connectivity index (χ1n) is 17.0. The van der Waals surface area contributed by atoms with Crippen LogP contribution in [0.15, 0.2) is 0 Å². The highest BCUT2D eigenvalue weighted by molar-refractivity contribution is 8.00. The molecule has 0 spiro atoms. The van der Waals surface area contributed by atoms with Crippen LogP contribution in [0.4, 0.5) is 0 Å². The number of aliphatic hydroxyl groups excluding tert-OH is 1. The second-order valence-corrected chi connectivity index (χ2v) is 15.1. The van der Waals surface area contributed by atoms with E-state index < -0.39 is 0 Å². The number of fused-ring (bicyclic) bond motifs is 2. The second-order valence-electron chi connectivity index (χ2n) is 13.9. The Hall–Kier alpha value is -0.0100. The van der Waals surface area contributed by atoms with Crippen molar-refractivity contribution >= 4 is 11.8 Å². The van der Waals surface area contributed by atoms with E-state index in [2.05, 4.69) is 42.7 Å². The van der Waals surface area contributed by atoms with Crippen LogP contribution in [0.2, 0.25) is 0 Å². The van der Waals surface area contributed by atoms with Crippen molar-refractivity contribution in [1.82, 2.24) is 10.2 Å². The molecule has 12 atom stereocenters. The average molecular weight is 635 g/mol. The van der Waals surface area contributed by atoms with E-state index in [0.717, 1.165) is 31.0 Å². The number of methoxy groups -OCH3 is 1. The van der Waals surface area contributed by atoms with Crippen molar-refractivity contribution in [3.05, 3.63) is 0 Å². The molecule has 0 aromatic carbocycles. The molecule has 6 fully saturated rings. The fourth-order valence-corrected chi connectivity index (χ4v) is 10.8. The molecule has 3 aliphatic carbocycles. The molecule has 8 N–H and O–H groups in total. The summed E-state index contributed by atoms with van der Waals surface area (Å²) < 4.78 is 18.1. The van der Waals surface area contributed by atoms with Gasteiger partial charge in [0, 0.05) is 56.5 Å². The van der Waals surface area contributed by atoms with E-state index >= 15 is 0 Å². The van der Waals surface area contributed by atoms with Gasteiger partial charge < -0.3 is 35.7 Å². The molecule has 6 aliphatic rings. The van der Waals surface area contributed by atoms with Gasteiger partial charge in [0.1, 0.15) is 5.50 Å². The molecule has 0 amide bonds. The lowest BCUT2D eigenvalue weighted by atomic mass is 9.60. The first-order valence-corrected chi connectivity index (χ1v) is 18.1. The van der Waals surface area contributed by atoms with E-state index in [1.165, 1.54) is 89.3 Å². The van der Waals surface area contributed by atoms with Crippen molar-refractivity contribution in [1.29, 1.82) is 0 Å². The Morgan fingerprint density at radius 2 is 1.70 bits per heavy atom. The van der Waals surface area contributed by atoms with Crippen LogP contribution in [0, 0.1) is 35.5 Å². The molecular formula is C33H66N2O7S. The summed E-state index contributed by atoms with van der Waals surface area (Å²) in [6.45, 7) is 9.97. The largest absolute Gasteiger partial charge is 0.412 e. The maximum Gasteiger partial charge on any atom is 0.109 e. The zero-order valence-electron chi connectivity index (χ0n) is 27.5. The summed E-state index contributed by atoms with van der Waals surface area (Å²) in [6.07, 6.45) is 17.2. The van der Waals surface area contributed by atoms with Crippen LogP contribution in [-0.4, -0.2) is 102 Å². The number of rotatable bonds is 7. The molecule has 3 saturated heterocycles. The Kier molecular flexibility index (Phi) is 17.3. The van der Waals surface area contributed by atoms with E-state index in [9.17, 15) is 0 Å². The Balaban J connectivity index is 0.000000326. The van der Waals surface area contributed by atoms with Crippen LogP contribution >= 0.6 is 11.8 Å². The zero-order chi connectivity index (χ0) is 28.1. The first kappa shape index (κ1) is 39.2. The quantitative estimate of drug-likeness (QED) is 0.434. The van der Waals surface area contributed by atoms with Crippen LogP contribution in [0.5, 0.6) is 0 Å². The number of aliphatic hydroxyl groups is 1. The Morgan fingerprint density at radius 1 is 0.930 bits per heavy atom. The SMILES string of the molecule is CC1CCC(C2CCCC(CO)C2)O1.CCOCC1C(C)NC2SCCN2C1C1C(OC)CCC2CCCCC21.O.O.O. The Labute approximate surface area is 265 Å². The van der Waals surface area contributed by atoms with E-state index in [1.54, 1.807) is 0 Å². The van der Waals surface area contributed by atoms with E-state index in [4.69, 9.17) is 19.3 Å². The van der Waals surface area contributed by atoms with Crippen LogP contribution in [-0.2, 0) is 14.2 Å². The number of nitrogens with zero attached hydrogens (tertiary/aromatic N) is 1. The smallest absolute Gasteiger partial charge is 0.109 e. The molecule has 6 rings (SSSR count). The normalized spacial score (nSPS) is 42.6. The summed E-state index contributed by atoms with van der Waals surface area (Å²) in [7, 11) is 1.96. The number of hydrogen-bond acceptors (Lipinski definition) is 7. The van der Waals surface area contributed by atoms with Crippen LogP contribution in [0.25, 0.3) is 0 Å². The van der Waals surface area contributed by atoms with Crippen molar-refractivity contribution in [2.45, 2.75) is 134 Å². The Morgan fingerprint density at radius 3 is 2.40 bits per heavy atom. The highest BCUT2D eigenvalue weighted by Crippen LogP contribution is 2.50. The highest BCUT2D eigenvalue weighted by atomic mass is 32.2. The fraction of sp³-hybridized carbons (Fsp3) is 1.00. The lowest BCUT2D eigenvalue weighted by Gasteiger charge is -2.56. The molecule has 0 radical (unpaired) electrons.